The van der Waals surface area contributed by atoms with Crippen molar-refractivity contribution in [2.24, 2.45) is 0 Å². The summed E-state index contributed by atoms with van der Waals surface area (Å²) >= 11 is 1.63. The average Bonchev–Trinajstić information content (AvgIpc) is 3.66. The molecular weight excluding hydrogens is 456 g/mol. The van der Waals surface area contributed by atoms with E-state index < -0.39 is 0 Å². The van der Waals surface area contributed by atoms with Crippen LogP contribution in [0.4, 0.5) is 0 Å². The molecule has 7 nitrogen and oxygen atoms in total. The molecule has 2 aromatic carbocycles. The summed E-state index contributed by atoms with van der Waals surface area (Å²) in [6, 6.07) is 23.9. The molecule has 0 saturated carbocycles. The maximum absolute atomic E-state index is 13.0. The highest BCUT2D eigenvalue weighted by molar-refractivity contribution is 7.13. The molecule has 0 spiro atoms. The molecule has 174 valence electrons. The molecule has 0 aliphatic rings. The van der Waals surface area contributed by atoms with Crippen LogP contribution in [0.25, 0.3) is 16.6 Å². The molecule has 0 saturated heterocycles. The van der Waals surface area contributed by atoms with Crippen molar-refractivity contribution in [1.29, 1.82) is 0 Å². The van der Waals surface area contributed by atoms with Crippen LogP contribution in [0.15, 0.2) is 103 Å². The van der Waals surface area contributed by atoms with Gasteiger partial charge in [0.2, 0.25) is 5.91 Å². The van der Waals surface area contributed by atoms with Gasteiger partial charge in [-0.2, -0.15) is 10.2 Å². The molecule has 0 aliphatic heterocycles. The minimum atomic E-state index is -0.243. The summed E-state index contributed by atoms with van der Waals surface area (Å²) in [5.41, 5.74) is 3.92. The zero-order chi connectivity index (χ0) is 23.9. The van der Waals surface area contributed by atoms with Gasteiger partial charge in [0, 0.05) is 17.8 Å². The summed E-state index contributed by atoms with van der Waals surface area (Å²) in [4.78, 5) is 18.0. The molecule has 1 unspecified atom stereocenters. The number of hydrogen-bond acceptors (Lipinski definition) is 5. The number of hydrogen-bond donors (Lipinski definition) is 1. The lowest BCUT2D eigenvalue weighted by atomic mass is 10.1. The molecule has 0 radical (unpaired) electrons. The number of carbonyl (C=O) groups is 1. The quantitative estimate of drug-likeness (QED) is 0.307. The van der Waals surface area contributed by atoms with Gasteiger partial charge in [-0.05, 0) is 28.6 Å². The Morgan fingerprint density at radius 2 is 1.80 bits per heavy atom. The average molecular weight is 481 g/mol. The van der Waals surface area contributed by atoms with Gasteiger partial charge >= 0.3 is 0 Å². The molecular formula is C27H24N6OS. The fourth-order valence-corrected chi connectivity index (χ4v) is 4.57. The first kappa shape index (κ1) is 22.5. The first-order chi connectivity index (χ1) is 17.2. The highest BCUT2D eigenvalue weighted by atomic mass is 32.1. The minimum Gasteiger partial charge on any atom is -0.344 e. The fourth-order valence-electron chi connectivity index (χ4n) is 3.83. The van der Waals surface area contributed by atoms with Gasteiger partial charge in [0.1, 0.15) is 18.3 Å². The summed E-state index contributed by atoms with van der Waals surface area (Å²) < 4.78 is 3.63. The third kappa shape index (κ3) is 5.80. The Morgan fingerprint density at radius 3 is 2.51 bits per heavy atom. The predicted molar refractivity (Wildman–Crippen MR) is 137 cm³/mol. The van der Waals surface area contributed by atoms with E-state index in [1.165, 1.54) is 11.9 Å². The van der Waals surface area contributed by atoms with E-state index in [1.807, 2.05) is 83.0 Å². The molecule has 0 bridgehead atoms. The number of rotatable bonds is 9. The smallest absolute Gasteiger partial charge is 0.244 e. The topological polar surface area (TPSA) is 77.6 Å². The SMILES string of the molecule is O=C(/C=C/c1cn(Cc2ccccc2)nc1-c1cccs1)NC(Cn1cncn1)c1ccccc1. The number of benzene rings is 2. The molecule has 1 amide bonds. The fraction of sp³-hybridized carbons (Fsp3) is 0.111. The molecule has 3 heterocycles. The second-order valence-corrected chi connectivity index (χ2v) is 8.96. The summed E-state index contributed by atoms with van der Waals surface area (Å²) in [6.07, 6.45) is 8.51. The van der Waals surface area contributed by atoms with Crippen molar-refractivity contribution in [3.8, 4) is 10.6 Å². The summed E-state index contributed by atoms with van der Waals surface area (Å²) in [5.74, 6) is -0.188. The molecule has 8 heteroatoms. The van der Waals surface area contributed by atoms with Crippen molar-refractivity contribution in [1.82, 2.24) is 29.9 Å². The lowest BCUT2D eigenvalue weighted by Crippen LogP contribution is -2.30. The zero-order valence-electron chi connectivity index (χ0n) is 18.9. The van der Waals surface area contributed by atoms with Gasteiger partial charge in [-0.15, -0.1) is 11.3 Å². The first-order valence-corrected chi connectivity index (χ1v) is 12.1. The van der Waals surface area contributed by atoms with E-state index >= 15 is 0 Å². The number of thiophene rings is 1. The normalized spacial score (nSPS) is 12.1. The molecule has 0 aliphatic carbocycles. The zero-order valence-corrected chi connectivity index (χ0v) is 19.8. The Labute approximate surface area is 207 Å². The number of carbonyl (C=O) groups excluding carboxylic acids is 1. The molecule has 35 heavy (non-hydrogen) atoms. The molecule has 5 rings (SSSR count). The van der Waals surface area contributed by atoms with Gasteiger partial charge in [0.25, 0.3) is 0 Å². The van der Waals surface area contributed by atoms with Crippen molar-refractivity contribution in [2.45, 2.75) is 19.1 Å². The standard InChI is InChI=1S/C27H24N6OS/c34-26(30-24(18-33-20-28-19-29-33)22-10-5-2-6-11-22)14-13-23-17-32(16-21-8-3-1-4-9-21)31-27(23)25-12-7-15-35-25/h1-15,17,19-20,24H,16,18H2,(H,30,34)/b14-13+. The van der Waals surface area contributed by atoms with E-state index in [0.717, 1.165) is 21.7 Å². The van der Waals surface area contributed by atoms with Gasteiger partial charge in [-0.3, -0.25) is 14.2 Å². The lowest BCUT2D eigenvalue weighted by Gasteiger charge is -2.18. The summed E-state index contributed by atoms with van der Waals surface area (Å²) in [7, 11) is 0. The molecule has 3 aromatic heterocycles. The molecule has 1 atom stereocenters. The van der Waals surface area contributed by atoms with E-state index in [-0.39, 0.29) is 11.9 Å². The predicted octanol–water partition coefficient (Wildman–Crippen LogP) is 4.82. The van der Waals surface area contributed by atoms with Crippen LogP contribution in [0.5, 0.6) is 0 Å². The maximum atomic E-state index is 13.0. The van der Waals surface area contributed by atoms with Crippen LogP contribution in [0.2, 0.25) is 0 Å². The van der Waals surface area contributed by atoms with Crippen molar-refractivity contribution < 1.29 is 4.79 Å². The van der Waals surface area contributed by atoms with E-state index in [1.54, 1.807) is 28.4 Å². The van der Waals surface area contributed by atoms with Crippen LogP contribution >= 0.6 is 11.3 Å². The van der Waals surface area contributed by atoms with Crippen molar-refractivity contribution in [3.05, 3.63) is 120 Å². The van der Waals surface area contributed by atoms with E-state index in [0.29, 0.717) is 13.1 Å². The Bertz CT molecular complexity index is 1380. The van der Waals surface area contributed by atoms with Crippen LogP contribution in [-0.4, -0.2) is 30.5 Å². The van der Waals surface area contributed by atoms with Crippen molar-refractivity contribution in [3.63, 3.8) is 0 Å². The number of nitrogens with one attached hydrogen (secondary N) is 1. The van der Waals surface area contributed by atoms with Gasteiger partial charge in [-0.1, -0.05) is 66.7 Å². The largest absolute Gasteiger partial charge is 0.344 e. The van der Waals surface area contributed by atoms with Crippen LogP contribution < -0.4 is 5.32 Å². The Kier molecular flexibility index (Phi) is 6.91. The van der Waals surface area contributed by atoms with Crippen molar-refractivity contribution >= 4 is 23.3 Å². The molecule has 1 N–H and O–H groups in total. The van der Waals surface area contributed by atoms with Gasteiger partial charge < -0.3 is 5.32 Å². The maximum Gasteiger partial charge on any atom is 0.244 e. The summed E-state index contributed by atoms with van der Waals surface area (Å²) in [5, 5.41) is 14.1. The minimum absolute atomic E-state index is 0.188. The third-order valence-electron chi connectivity index (χ3n) is 5.50. The van der Waals surface area contributed by atoms with Crippen LogP contribution in [0.1, 0.15) is 22.7 Å². The Morgan fingerprint density at radius 1 is 1.00 bits per heavy atom. The van der Waals surface area contributed by atoms with Crippen LogP contribution in [0.3, 0.4) is 0 Å². The Balaban J connectivity index is 1.36. The van der Waals surface area contributed by atoms with Crippen LogP contribution in [-0.2, 0) is 17.9 Å². The van der Waals surface area contributed by atoms with E-state index in [9.17, 15) is 4.79 Å². The lowest BCUT2D eigenvalue weighted by molar-refractivity contribution is -0.117. The molecule has 5 aromatic rings. The van der Waals surface area contributed by atoms with Gasteiger partial charge in [0.15, 0.2) is 0 Å². The van der Waals surface area contributed by atoms with E-state index in [4.69, 9.17) is 5.10 Å². The summed E-state index contributed by atoms with van der Waals surface area (Å²) in [6.45, 7) is 1.15. The number of nitrogens with zero attached hydrogens (tertiary/aromatic N) is 5. The highest BCUT2D eigenvalue weighted by Crippen LogP contribution is 2.28. The second-order valence-electron chi connectivity index (χ2n) is 8.02. The monoisotopic (exact) mass is 480 g/mol. The molecule has 0 fully saturated rings. The third-order valence-corrected chi connectivity index (χ3v) is 6.38. The van der Waals surface area contributed by atoms with Crippen LogP contribution in [0, 0.1) is 0 Å². The second kappa shape index (κ2) is 10.8. The van der Waals surface area contributed by atoms with Gasteiger partial charge in [0.05, 0.1) is 24.0 Å². The number of amides is 1. The first-order valence-electron chi connectivity index (χ1n) is 11.3. The Hall–Kier alpha value is -4.30. The van der Waals surface area contributed by atoms with Crippen molar-refractivity contribution in [2.75, 3.05) is 0 Å². The van der Waals surface area contributed by atoms with Gasteiger partial charge in [-0.25, -0.2) is 4.98 Å². The number of aromatic nitrogens is 5. The highest BCUT2D eigenvalue weighted by Gasteiger charge is 2.15. The van der Waals surface area contributed by atoms with E-state index in [2.05, 4.69) is 27.5 Å².